The molecule has 0 fully saturated rings. The highest BCUT2D eigenvalue weighted by atomic mass is 19.4. The zero-order valence-electron chi connectivity index (χ0n) is 10.5. The molecule has 2 N–H and O–H groups in total. The fraction of sp³-hybridized carbons (Fsp3) is 0.231. The Balaban J connectivity index is 2.84. The van der Waals surface area contributed by atoms with E-state index in [0.717, 1.165) is 6.07 Å². The number of hydrogen-bond donors (Lipinski definition) is 1. The Labute approximate surface area is 112 Å². The average Bonchev–Trinajstić information content (AvgIpc) is 2.62. The Morgan fingerprint density at radius 1 is 1.45 bits per heavy atom. The Hall–Kier alpha value is -2.49. The summed E-state index contributed by atoms with van der Waals surface area (Å²) in [5, 5.41) is 8.73. The van der Waals surface area contributed by atoms with Crippen molar-refractivity contribution in [1.29, 1.82) is 5.26 Å². The van der Waals surface area contributed by atoms with Gasteiger partial charge in [-0.3, -0.25) is 4.79 Å². The van der Waals surface area contributed by atoms with Gasteiger partial charge in [0.15, 0.2) is 0 Å². The molecule has 0 unspecified atom stereocenters. The van der Waals surface area contributed by atoms with Crippen molar-refractivity contribution in [3.63, 3.8) is 0 Å². The number of aryl methyl sites for hydroxylation is 1. The van der Waals surface area contributed by atoms with E-state index in [9.17, 15) is 18.0 Å². The maximum Gasteiger partial charge on any atom is 0.418 e. The van der Waals surface area contributed by atoms with Crippen molar-refractivity contribution in [2.24, 2.45) is 5.73 Å². The standard InChI is InChI=1S/C13H10F3N3O/c1-7-4-9-10(19(7)6-11(18)20)3-2-8(5-17)12(9)13(14,15)16/h2-4H,6H2,1H3,(H2,18,20). The lowest BCUT2D eigenvalue weighted by Gasteiger charge is -2.11. The molecule has 1 aromatic carbocycles. The van der Waals surface area contributed by atoms with Crippen molar-refractivity contribution in [2.45, 2.75) is 19.6 Å². The fourth-order valence-electron chi connectivity index (χ4n) is 2.23. The summed E-state index contributed by atoms with van der Waals surface area (Å²) in [6.07, 6.45) is -4.64. The minimum Gasteiger partial charge on any atom is -0.368 e. The van der Waals surface area contributed by atoms with Crippen LogP contribution in [0.1, 0.15) is 16.8 Å². The third kappa shape index (κ3) is 2.20. The maximum atomic E-state index is 13.1. The van der Waals surface area contributed by atoms with Gasteiger partial charge in [0.25, 0.3) is 0 Å². The summed E-state index contributed by atoms with van der Waals surface area (Å²) >= 11 is 0. The Bertz CT molecular complexity index is 738. The summed E-state index contributed by atoms with van der Waals surface area (Å²) < 4.78 is 40.7. The fourth-order valence-corrected chi connectivity index (χ4v) is 2.23. The smallest absolute Gasteiger partial charge is 0.368 e. The van der Waals surface area contributed by atoms with Gasteiger partial charge in [0.2, 0.25) is 5.91 Å². The molecule has 0 spiro atoms. The number of hydrogen-bond acceptors (Lipinski definition) is 2. The second-order valence-electron chi connectivity index (χ2n) is 4.37. The molecule has 4 nitrogen and oxygen atoms in total. The average molecular weight is 281 g/mol. The monoisotopic (exact) mass is 281 g/mol. The van der Waals surface area contributed by atoms with Crippen LogP contribution >= 0.6 is 0 Å². The summed E-state index contributed by atoms with van der Waals surface area (Å²) in [7, 11) is 0. The van der Waals surface area contributed by atoms with Crippen LogP contribution in [0.3, 0.4) is 0 Å². The molecule has 1 aromatic heterocycles. The minimum atomic E-state index is -4.64. The van der Waals surface area contributed by atoms with Gasteiger partial charge in [-0.25, -0.2) is 0 Å². The van der Waals surface area contributed by atoms with Gasteiger partial charge in [0.1, 0.15) is 6.54 Å². The highest BCUT2D eigenvalue weighted by Crippen LogP contribution is 2.38. The molecule has 2 aromatic rings. The number of rotatable bonds is 2. The van der Waals surface area contributed by atoms with Gasteiger partial charge in [-0.05, 0) is 25.1 Å². The number of amides is 1. The Kier molecular flexibility index (Phi) is 3.18. The van der Waals surface area contributed by atoms with Crippen LogP contribution in [0, 0.1) is 18.3 Å². The lowest BCUT2D eigenvalue weighted by atomic mass is 10.0. The molecule has 0 radical (unpaired) electrons. The summed E-state index contributed by atoms with van der Waals surface area (Å²) in [6, 6.07) is 5.34. The van der Waals surface area contributed by atoms with Crippen LogP contribution in [0.2, 0.25) is 0 Å². The molecule has 0 atom stereocenters. The first-order chi connectivity index (χ1) is 9.25. The third-order valence-electron chi connectivity index (χ3n) is 3.01. The molecular formula is C13H10F3N3O. The highest BCUT2D eigenvalue weighted by Gasteiger charge is 2.36. The molecule has 0 aliphatic heterocycles. The van der Waals surface area contributed by atoms with Crippen LogP contribution in [-0.2, 0) is 17.5 Å². The summed E-state index contributed by atoms with van der Waals surface area (Å²) in [4.78, 5) is 11.0. The zero-order valence-corrected chi connectivity index (χ0v) is 10.5. The van der Waals surface area contributed by atoms with Crippen molar-refractivity contribution in [1.82, 2.24) is 4.57 Å². The lowest BCUT2D eigenvalue weighted by Crippen LogP contribution is -2.19. The van der Waals surface area contributed by atoms with Gasteiger partial charge in [-0.1, -0.05) is 0 Å². The molecule has 20 heavy (non-hydrogen) atoms. The molecule has 2 rings (SSSR count). The number of benzene rings is 1. The van der Waals surface area contributed by atoms with Gasteiger partial charge in [-0.15, -0.1) is 0 Å². The van der Waals surface area contributed by atoms with Crippen LogP contribution in [0.5, 0.6) is 0 Å². The minimum absolute atomic E-state index is 0.102. The van der Waals surface area contributed by atoms with E-state index in [0.29, 0.717) is 5.69 Å². The van der Waals surface area contributed by atoms with Crippen molar-refractivity contribution in [2.75, 3.05) is 0 Å². The quantitative estimate of drug-likeness (QED) is 0.917. The van der Waals surface area contributed by atoms with E-state index in [4.69, 9.17) is 11.0 Å². The molecule has 1 heterocycles. The normalized spacial score (nSPS) is 11.6. The van der Waals surface area contributed by atoms with Gasteiger partial charge in [-0.2, -0.15) is 18.4 Å². The van der Waals surface area contributed by atoms with Crippen LogP contribution in [0.25, 0.3) is 10.9 Å². The first kappa shape index (κ1) is 13.9. The molecule has 0 aliphatic carbocycles. The second-order valence-corrected chi connectivity index (χ2v) is 4.37. The number of nitrogens with zero attached hydrogens (tertiary/aromatic N) is 2. The van der Waals surface area contributed by atoms with Crippen molar-refractivity contribution >= 4 is 16.8 Å². The number of carbonyl (C=O) groups excluding carboxylic acids is 1. The molecule has 1 amide bonds. The molecular weight excluding hydrogens is 271 g/mol. The van der Waals surface area contributed by atoms with Gasteiger partial charge in [0, 0.05) is 16.6 Å². The van der Waals surface area contributed by atoms with Gasteiger partial charge >= 0.3 is 6.18 Å². The summed E-state index contributed by atoms with van der Waals surface area (Å²) in [6.45, 7) is 1.37. The van der Waals surface area contributed by atoms with E-state index in [1.54, 1.807) is 13.0 Å². The summed E-state index contributed by atoms with van der Waals surface area (Å²) in [5.41, 5.74) is 4.36. The SMILES string of the molecule is Cc1cc2c(C(F)(F)F)c(C#N)ccc2n1CC(N)=O. The number of halogens is 3. The number of aromatic nitrogens is 1. The van der Waals surface area contributed by atoms with Crippen LogP contribution in [-0.4, -0.2) is 10.5 Å². The third-order valence-corrected chi connectivity index (χ3v) is 3.01. The van der Waals surface area contributed by atoms with E-state index >= 15 is 0 Å². The number of nitrogens with two attached hydrogens (primary N) is 1. The van der Waals surface area contributed by atoms with Crippen LogP contribution in [0.15, 0.2) is 18.2 Å². The molecule has 0 bridgehead atoms. The Morgan fingerprint density at radius 3 is 2.60 bits per heavy atom. The number of nitriles is 1. The van der Waals surface area contributed by atoms with Crippen molar-refractivity contribution < 1.29 is 18.0 Å². The van der Waals surface area contributed by atoms with E-state index in [1.165, 1.54) is 16.7 Å². The van der Waals surface area contributed by atoms with E-state index in [1.807, 2.05) is 0 Å². The highest BCUT2D eigenvalue weighted by molar-refractivity contribution is 5.88. The molecule has 0 aliphatic rings. The van der Waals surface area contributed by atoms with Gasteiger partial charge in [0.05, 0.1) is 17.2 Å². The zero-order chi connectivity index (χ0) is 15.1. The van der Waals surface area contributed by atoms with Crippen LogP contribution in [0.4, 0.5) is 13.2 Å². The predicted octanol–water partition coefficient (Wildman–Crippen LogP) is 2.33. The van der Waals surface area contributed by atoms with Crippen LogP contribution < -0.4 is 5.73 Å². The van der Waals surface area contributed by atoms with E-state index in [-0.39, 0.29) is 17.4 Å². The molecule has 0 saturated heterocycles. The number of carbonyl (C=O) groups is 1. The number of primary amides is 1. The van der Waals surface area contributed by atoms with E-state index in [2.05, 4.69) is 0 Å². The largest absolute Gasteiger partial charge is 0.418 e. The topological polar surface area (TPSA) is 71.8 Å². The first-order valence-corrected chi connectivity index (χ1v) is 5.64. The number of fused-ring (bicyclic) bond motifs is 1. The predicted molar refractivity (Wildman–Crippen MR) is 65.6 cm³/mol. The first-order valence-electron chi connectivity index (χ1n) is 5.64. The molecule has 104 valence electrons. The molecule has 0 saturated carbocycles. The lowest BCUT2D eigenvalue weighted by molar-refractivity contribution is -0.136. The maximum absolute atomic E-state index is 13.1. The van der Waals surface area contributed by atoms with Crippen molar-refractivity contribution in [3.05, 3.63) is 35.0 Å². The van der Waals surface area contributed by atoms with Gasteiger partial charge < -0.3 is 10.3 Å². The Morgan fingerprint density at radius 2 is 2.10 bits per heavy atom. The second kappa shape index (κ2) is 4.56. The van der Waals surface area contributed by atoms with Crippen molar-refractivity contribution in [3.8, 4) is 6.07 Å². The van der Waals surface area contributed by atoms with E-state index < -0.39 is 23.2 Å². The molecule has 7 heteroatoms. The number of alkyl halides is 3. The summed E-state index contributed by atoms with van der Waals surface area (Å²) in [5.74, 6) is -0.650.